The van der Waals surface area contributed by atoms with Crippen molar-refractivity contribution in [3.05, 3.63) is 83.7 Å². The van der Waals surface area contributed by atoms with Crippen molar-refractivity contribution >= 4 is 42.6 Å². The average molecular weight is 535 g/mol. The Kier molecular flexibility index (Phi) is 7.37. The van der Waals surface area contributed by atoms with Crippen molar-refractivity contribution in [3.63, 3.8) is 0 Å². The van der Waals surface area contributed by atoms with Crippen molar-refractivity contribution in [2.75, 3.05) is 18.0 Å². The fraction of sp³-hybridized carbons (Fsp3) is 0.321. The summed E-state index contributed by atoms with van der Waals surface area (Å²) in [6.07, 6.45) is 5.35. The second-order valence-corrected chi connectivity index (χ2v) is 12.4. The summed E-state index contributed by atoms with van der Waals surface area (Å²) in [6.45, 7) is 5.04. The van der Waals surface area contributed by atoms with Gasteiger partial charge in [-0.25, -0.2) is 13.4 Å². The molecule has 4 aromatic rings. The van der Waals surface area contributed by atoms with Gasteiger partial charge in [-0.15, -0.1) is 0 Å². The molecule has 1 aliphatic heterocycles. The SMILES string of the molecule is CCc1ccc2nc(N(Cc3cccnc3)C(=O)C3CCN(S(=O)(=O)c4ccc(C)cc4)CC3)sc2c1. The highest BCUT2D eigenvalue weighted by molar-refractivity contribution is 7.89. The van der Waals surface area contributed by atoms with E-state index in [0.717, 1.165) is 27.8 Å². The van der Waals surface area contributed by atoms with Crippen LogP contribution in [0.2, 0.25) is 0 Å². The molecule has 0 bridgehead atoms. The van der Waals surface area contributed by atoms with Crippen molar-refractivity contribution in [1.82, 2.24) is 14.3 Å². The summed E-state index contributed by atoms with van der Waals surface area (Å²) < 4.78 is 28.8. The van der Waals surface area contributed by atoms with E-state index in [4.69, 9.17) is 4.98 Å². The normalized spacial score (nSPS) is 15.2. The molecular weight excluding hydrogens is 504 g/mol. The molecule has 0 aliphatic carbocycles. The van der Waals surface area contributed by atoms with Crippen LogP contribution >= 0.6 is 11.3 Å². The lowest BCUT2D eigenvalue weighted by atomic mass is 9.96. The lowest BCUT2D eigenvalue weighted by molar-refractivity contribution is -0.123. The molecule has 192 valence electrons. The number of piperidine rings is 1. The third kappa shape index (κ3) is 5.44. The third-order valence-electron chi connectivity index (χ3n) is 6.87. The van der Waals surface area contributed by atoms with Crippen molar-refractivity contribution in [2.45, 2.75) is 44.6 Å². The fourth-order valence-electron chi connectivity index (χ4n) is 4.63. The first-order valence-electron chi connectivity index (χ1n) is 12.5. The van der Waals surface area contributed by atoms with E-state index in [0.29, 0.717) is 42.5 Å². The topological polar surface area (TPSA) is 83.5 Å². The summed E-state index contributed by atoms with van der Waals surface area (Å²) in [6, 6.07) is 16.9. The van der Waals surface area contributed by atoms with Crippen LogP contribution < -0.4 is 4.90 Å². The fourth-order valence-corrected chi connectivity index (χ4v) is 7.13. The van der Waals surface area contributed by atoms with E-state index in [1.54, 1.807) is 41.6 Å². The predicted molar refractivity (Wildman–Crippen MR) is 147 cm³/mol. The largest absolute Gasteiger partial charge is 0.283 e. The molecule has 3 heterocycles. The minimum atomic E-state index is -3.58. The molecule has 0 unspecified atom stereocenters. The van der Waals surface area contributed by atoms with Gasteiger partial charge in [0.05, 0.1) is 21.7 Å². The zero-order valence-corrected chi connectivity index (χ0v) is 22.6. The molecule has 1 saturated heterocycles. The highest BCUT2D eigenvalue weighted by Crippen LogP contribution is 2.33. The van der Waals surface area contributed by atoms with Gasteiger partial charge in [-0.2, -0.15) is 4.31 Å². The number of aryl methyl sites for hydroxylation is 2. The van der Waals surface area contributed by atoms with Crippen LogP contribution in [0.1, 0.15) is 36.5 Å². The Morgan fingerprint density at radius 3 is 2.51 bits per heavy atom. The number of sulfonamides is 1. The van der Waals surface area contributed by atoms with Gasteiger partial charge in [-0.1, -0.05) is 48.1 Å². The van der Waals surface area contributed by atoms with Gasteiger partial charge in [-0.05, 0) is 67.6 Å². The minimum absolute atomic E-state index is 0.0222. The van der Waals surface area contributed by atoms with Gasteiger partial charge >= 0.3 is 0 Å². The van der Waals surface area contributed by atoms with Crippen LogP contribution in [-0.2, 0) is 27.8 Å². The molecule has 7 nitrogen and oxygen atoms in total. The molecule has 9 heteroatoms. The third-order valence-corrected chi connectivity index (χ3v) is 9.83. The molecule has 0 spiro atoms. The van der Waals surface area contributed by atoms with Crippen molar-refractivity contribution < 1.29 is 13.2 Å². The van der Waals surface area contributed by atoms with Gasteiger partial charge in [0, 0.05) is 31.4 Å². The highest BCUT2D eigenvalue weighted by Gasteiger charge is 2.35. The van der Waals surface area contributed by atoms with E-state index in [-0.39, 0.29) is 11.8 Å². The minimum Gasteiger partial charge on any atom is -0.283 e. The maximum atomic E-state index is 13.9. The van der Waals surface area contributed by atoms with Gasteiger partial charge in [0.2, 0.25) is 15.9 Å². The molecule has 1 fully saturated rings. The Hall–Kier alpha value is -3.14. The number of nitrogens with zero attached hydrogens (tertiary/aromatic N) is 4. The number of hydrogen-bond acceptors (Lipinski definition) is 6. The second-order valence-electron chi connectivity index (χ2n) is 9.43. The quantitative estimate of drug-likeness (QED) is 0.326. The van der Waals surface area contributed by atoms with E-state index in [1.807, 2.05) is 25.1 Å². The Labute approximate surface area is 221 Å². The molecule has 2 aromatic carbocycles. The maximum Gasteiger partial charge on any atom is 0.243 e. The number of rotatable bonds is 7. The van der Waals surface area contributed by atoms with Crippen molar-refractivity contribution in [2.24, 2.45) is 5.92 Å². The first-order chi connectivity index (χ1) is 17.8. The van der Waals surface area contributed by atoms with Crippen molar-refractivity contribution in [1.29, 1.82) is 0 Å². The van der Waals surface area contributed by atoms with Crippen molar-refractivity contribution in [3.8, 4) is 0 Å². The Morgan fingerprint density at radius 2 is 1.84 bits per heavy atom. The molecule has 0 saturated carbocycles. The van der Waals surface area contributed by atoms with Gasteiger partial charge in [0.15, 0.2) is 5.13 Å². The molecule has 2 aromatic heterocycles. The second kappa shape index (κ2) is 10.7. The van der Waals surface area contributed by atoms with Crippen LogP contribution in [0.5, 0.6) is 0 Å². The van der Waals surface area contributed by atoms with E-state index in [1.165, 1.54) is 21.2 Å². The summed E-state index contributed by atoms with van der Waals surface area (Å²) in [5.74, 6) is -0.301. The molecule has 0 radical (unpaired) electrons. The maximum absolute atomic E-state index is 13.9. The molecular formula is C28H30N4O3S2. The standard InChI is InChI=1S/C28H30N4O3S2/c1-3-21-8-11-25-26(17-21)36-28(30-25)32(19-22-5-4-14-29-18-22)27(33)23-12-15-31(16-13-23)37(34,35)24-9-6-20(2)7-10-24/h4-11,14,17-18,23H,3,12-13,15-16,19H2,1-2H3. The summed E-state index contributed by atoms with van der Waals surface area (Å²) in [7, 11) is -3.58. The van der Waals surface area contributed by atoms with E-state index in [2.05, 4.69) is 24.0 Å². The summed E-state index contributed by atoms with van der Waals surface area (Å²) >= 11 is 1.52. The summed E-state index contributed by atoms with van der Waals surface area (Å²) in [5, 5.41) is 0.659. The zero-order chi connectivity index (χ0) is 26.0. The molecule has 1 aliphatic rings. The van der Waals surface area contributed by atoms with Crippen LogP contribution in [-0.4, -0.2) is 41.7 Å². The van der Waals surface area contributed by atoms with Gasteiger partial charge in [0.25, 0.3) is 0 Å². The monoisotopic (exact) mass is 534 g/mol. The average Bonchev–Trinajstić information content (AvgIpc) is 3.35. The molecule has 1 amide bonds. The number of thiazole rings is 1. The smallest absolute Gasteiger partial charge is 0.243 e. The van der Waals surface area contributed by atoms with E-state index < -0.39 is 10.0 Å². The number of benzene rings is 2. The molecule has 37 heavy (non-hydrogen) atoms. The molecule has 0 N–H and O–H groups in total. The summed E-state index contributed by atoms with van der Waals surface area (Å²) in [5.41, 5.74) is 4.04. The van der Waals surface area contributed by atoms with E-state index in [9.17, 15) is 13.2 Å². The number of carbonyl (C=O) groups excluding carboxylic acids is 1. The highest BCUT2D eigenvalue weighted by atomic mass is 32.2. The number of aromatic nitrogens is 2. The van der Waals surface area contributed by atoms with Crippen LogP contribution in [0.15, 0.2) is 71.9 Å². The number of carbonyl (C=O) groups is 1. The number of fused-ring (bicyclic) bond motifs is 1. The first kappa shape index (κ1) is 25.5. The zero-order valence-electron chi connectivity index (χ0n) is 21.0. The Morgan fingerprint density at radius 1 is 1.08 bits per heavy atom. The number of hydrogen-bond donors (Lipinski definition) is 0. The van der Waals surface area contributed by atoms with Crippen LogP contribution in [0.4, 0.5) is 5.13 Å². The number of pyridine rings is 1. The number of anilines is 1. The number of amides is 1. The predicted octanol–water partition coefficient (Wildman–Crippen LogP) is 5.20. The van der Waals surface area contributed by atoms with E-state index >= 15 is 0 Å². The van der Waals surface area contributed by atoms with Crippen LogP contribution in [0.25, 0.3) is 10.2 Å². The lowest BCUT2D eigenvalue weighted by Gasteiger charge is -2.33. The summed E-state index contributed by atoms with van der Waals surface area (Å²) in [4.78, 5) is 24.9. The van der Waals surface area contributed by atoms with Gasteiger partial charge < -0.3 is 0 Å². The Balaban J connectivity index is 1.37. The van der Waals surface area contributed by atoms with Gasteiger partial charge in [0.1, 0.15) is 0 Å². The van der Waals surface area contributed by atoms with Crippen LogP contribution in [0, 0.1) is 12.8 Å². The first-order valence-corrected chi connectivity index (χ1v) is 14.8. The Bertz CT molecular complexity index is 1490. The molecule has 5 rings (SSSR count). The molecule has 0 atom stereocenters. The van der Waals surface area contributed by atoms with Gasteiger partial charge in [-0.3, -0.25) is 14.7 Å². The lowest BCUT2D eigenvalue weighted by Crippen LogP contribution is -2.44. The van der Waals surface area contributed by atoms with Crippen LogP contribution in [0.3, 0.4) is 0 Å².